The molecule has 1 aliphatic heterocycles. The van der Waals surface area contributed by atoms with Crippen molar-refractivity contribution in [2.24, 2.45) is 0 Å². The van der Waals surface area contributed by atoms with Gasteiger partial charge in [-0.05, 0) is 73.2 Å². The minimum absolute atomic E-state index is 0.136. The number of carbonyl (C=O) groups is 2. The van der Waals surface area contributed by atoms with Crippen molar-refractivity contribution in [3.8, 4) is 5.75 Å². The second-order valence-electron chi connectivity index (χ2n) is 9.24. The van der Waals surface area contributed by atoms with Crippen LogP contribution in [-0.4, -0.2) is 29.4 Å². The molecule has 1 N–H and O–H groups in total. The van der Waals surface area contributed by atoms with Crippen molar-refractivity contribution >= 4 is 17.5 Å². The van der Waals surface area contributed by atoms with Crippen LogP contribution in [0.25, 0.3) is 0 Å². The average Bonchev–Trinajstić information content (AvgIpc) is 2.86. The van der Waals surface area contributed by atoms with Crippen molar-refractivity contribution in [2.75, 3.05) is 11.9 Å². The number of ether oxygens (including phenoxy) is 1. The zero-order valence-corrected chi connectivity index (χ0v) is 21.0. The Morgan fingerprint density at radius 3 is 2.46 bits per heavy atom. The van der Waals surface area contributed by atoms with Gasteiger partial charge in [0.05, 0.1) is 6.04 Å². The molecular formula is C30H34N2O3. The number of amides is 2. The topological polar surface area (TPSA) is 58.6 Å². The molecule has 0 saturated carbocycles. The molecule has 1 aliphatic rings. The number of carbonyl (C=O) groups excluding carboxylic acids is 2. The van der Waals surface area contributed by atoms with Gasteiger partial charge in [-0.3, -0.25) is 9.59 Å². The van der Waals surface area contributed by atoms with Gasteiger partial charge in [0.1, 0.15) is 5.75 Å². The summed E-state index contributed by atoms with van der Waals surface area (Å²) >= 11 is 0. The minimum Gasteiger partial charge on any atom is -0.481 e. The summed E-state index contributed by atoms with van der Waals surface area (Å²) in [6, 6.07) is 22.0. The predicted molar refractivity (Wildman–Crippen MR) is 140 cm³/mol. The number of nitrogens with one attached hydrogen (secondary N) is 1. The third-order valence-corrected chi connectivity index (χ3v) is 6.59. The fourth-order valence-electron chi connectivity index (χ4n) is 4.68. The number of benzene rings is 3. The van der Waals surface area contributed by atoms with Gasteiger partial charge in [0.15, 0.2) is 6.10 Å². The molecule has 3 aromatic carbocycles. The van der Waals surface area contributed by atoms with E-state index in [-0.39, 0.29) is 17.9 Å². The fourth-order valence-corrected chi connectivity index (χ4v) is 4.68. The monoisotopic (exact) mass is 470 g/mol. The summed E-state index contributed by atoms with van der Waals surface area (Å²) in [5.74, 6) is 0.600. The van der Waals surface area contributed by atoms with Gasteiger partial charge in [0.25, 0.3) is 5.91 Å². The SMILES string of the molecule is CCC(=O)N1CCc2ccc(OC(CC)C(=O)Nc3cccc(C)c3)cc2C1c1ccc(C)cc1. The van der Waals surface area contributed by atoms with Crippen molar-refractivity contribution < 1.29 is 14.3 Å². The van der Waals surface area contributed by atoms with E-state index in [4.69, 9.17) is 4.74 Å². The van der Waals surface area contributed by atoms with E-state index in [1.807, 2.05) is 62.1 Å². The Morgan fingerprint density at radius 2 is 1.77 bits per heavy atom. The van der Waals surface area contributed by atoms with Crippen molar-refractivity contribution in [1.29, 1.82) is 0 Å². The molecule has 35 heavy (non-hydrogen) atoms. The van der Waals surface area contributed by atoms with E-state index >= 15 is 0 Å². The van der Waals surface area contributed by atoms with E-state index in [0.717, 1.165) is 28.8 Å². The Kier molecular flexibility index (Phi) is 7.54. The van der Waals surface area contributed by atoms with Crippen LogP contribution < -0.4 is 10.1 Å². The van der Waals surface area contributed by atoms with Crippen LogP contribution in [0.2, 0.25) is 0 Å². The highest BCUT2D eigenvalue weighted by atomic mass is 16.5. The first kappa shape index (κ1) is 24.5. The first-order chi connectivity index (χ1) is 16.9. The molecule has 5 heteroatoms. The third kappa shape index (κ3) is 5.56. The summed E-state index contributed by atoms with van der Waals surface area (Å²) < 4.78 is 6.20. The fraction of sp³-hybridized carbons (Fsp3) is 0.333. The molecule has 0 bridgehead atoms. The quantitative estimate of drug-likeness (QED) is 0.462. The molecule has 2 atom stereocenters. The lowest BCUT2D eigenvalue weighted by Gasteiger charge is -2.38. The molecule has 1 heterocycles. The summed E-state index contributed by atoms with van der Waals surface area (Å²) in [4.78, 5) is 27.8. The van der Waals surface area contributed by atoms with Gasteiger partial charge in [0.2, 0.25) is 5.91 Å². The van der Waals surface area contributed by atoms with E-state index in [9.17, 15) is 9.59 Å². The molecule has 0 saturated heterocycles. The first-order valence-corrected chi connectivity index (χ1v) is 12.4. The lowest BCUT2D eigenvalue weighted by atomic mass is 9.87. The molecule has 0 radical (unpaired) electrons. The molecule has 0 aliphatic carbocycles. The van der Waals surface area contributed by atoms with Crippen LogP contribution in [0.15, 0.2) is 66.7 Å². The number of aryl methyl sites for hydroxylation is 2. The van der Waals surface area contributed by atoms with Crippen LogP contribution >= 0.6 is 0 Å². The second kappa shape index (κ2) is 10.8. The van der Waals surface area contributed by atoms with Gasteiger partial charge in [-0.1, -0.05) is 61.9 Å². The Hall–Kier alpha value is -3.60. The average molecular weight is 471 g/mol. The van der Waals surface area contributed by atoms with Crippen LogP contribution in [0.5, 0.6) is 5.75 Å². The van der Waals surface area contributed by atoms with E-state index in [1.165, 1.54) is 11.1 Å². The summed E-state index contributed by atoms with van der Waals surface area (Å²) in [7, 11) is 0. The Morgan fingerprint density at radius 1 is 1.00 bits per heavy atom. The van der Waals surface area contributed by atoms with Crippen molar-refractivity contribution in [1.82, 2.24) is 4.90 Å². The normalized spacial score (nSPS) is 15.8. The molecular weight excluding hydrogens is 436 g/mol. The van der Waals surface area contributed by atoms with Crippen LogP contribution in [-0.2, 0) is 16.0 Å². The summed E-state index contributed by atoms with van der Waals surface area (Å²) in [6.45, 7) is 8.59. The smallest absolute Gasteiger partial charge is 0.265 e. The zero-order chi connectivity index (χ0) is 24.9. The molecule has 2 amide bonds. The molecule has 0 aromatic heterocycles. The van der Waals surface area contributed by atoms with Gasteiger partial charge in [-0.25, -0.2) is 0 Å². The summed E-state index contributed by atoms with van der Waals surface area (Å²) in [5, 5.41) is 2.97. The Labute approximate surface area is 208 Å². The highest BCUT2D eigenvalue weighted by Gasteiger charge is 2.32. The lowest BCUT2D eigenvalue weighted by Crippen LogP contribution is -2.40. The van der Waals surface area contributed by atoms with Crippen LogP contribution in [0.1, 0.15) is 60.5 Å². The van der Waals surface area contributed by atoms with E-state index < -0.39 is 6.10 Å². The highest BCUT2D eigenvalue weighted by molar-refractivity contribution is 5.94. The van der Waals surface area contributed by atoms with Crippen LogP contribution in [0.4, 0.5) is 5.69 Å². The maximum absolute atomic E-state index is 13.0. The third-order valence-electron chi connectivity index (χ3n) is 6.59. The first-order valence-electron chi connectivity index (χ1n) is 12.4. The molecule has 0 spiro atoms. The van der Waals surface area contributed by atoms with E-state index in [1.54, 1.807) is 0 Å². The van der Waals surface area contributed by atoms with Crippen molar-refractivity contribution in [3.05, 3.63) is 94.5 Å². The molecule has 4 rings (SSSR count). The highest BCUT2D eigenvalue weighted by Crippen LogP contribution is 2.38. The number of hydrogen-bond acceptors (Lipinski definition) is 3. The number of hydrogen-bond donors (Lipinski definition) is 1. The summed E-state index contributed by atoms with van der Waals surface area (Å²) in [6.07, 6.45) is 1.18. The number of rotatable bonds is 7. The van der Waals surface area contributed by atoms with Gasteiger partial charge >= 0.3 is 0 Å². The molecule has 182 valence electrons. The van der Waals surface area contributed by atoms with Gasteiger partial charge in [0, 0.05) is 18.7 Å². The standard InChI is InChI=1S/C30H34N2O3/c1-5-27(30(34)31-24-9-7-8-21(4)18-24)35-25-15-14-22-16-17-32(28(33)6-2)29(26(22)19-25)23-12-10-20(3)11-13-23/h7-15,18-19,27,29H,5-6,16-17H2,1-4H3,(H,31,34). The number of anilines is 1. The number of nitrogens with zero attached hydrogens (tertiary/aromatic N) is 1. The number of fused-ring (bicyclic) bond motifs is 1. The minimum atomic E-state index is -0.622. The molecule has 5 nitrogen and oxygen atoms in total. The maximum Gasteiger partial charge on any atom is 0.265 e. The largest absolute Gasteiger partial charge is 0.481 e. The van der Waals surface area contributed by atoms with Gasteiger partial charge < -0.3 is 15.0 Å². The zero-order valence-electron chi connectivity index (χ0n) is 21.0. The van der Waals surface area contributed by atoms with Crippen LogP contribution in [0.3, 0.4) is 0 Å². The molecule has 0 fully saturated rings. The lowest BCUT2D eigenvalue weighted by molar-refractivity contribution is -0.133. The molecule has 2 unspecified atom stereocenters. The Bertz CT molecular complexity index is 1200. The predicted octanol–water partition coefficient (Wildman–Crippen LogP) is 5.98. The van der Waals surface area contributed by atoms with E-state index in [2.05, 4.69) is 42.6 Å². The van der Waals surface area contributed by atoms with Crippen molar-refractivity contribution in [3.63, 3.8) is 0 Å². The van der Waals surface area contributed by atoms with Gasteiger partial charge in [-0.15, -0.1) is 0 Å². The van der Waals surface area contributed by atoms with E-state index in [0.29, 0.717) is 25.1 Å². The van der Waals surface area contributed by atoms with Crippen LogP contribution in [0, 0.1) is 13.8 Å². The summed E-state index contributed by atoms with van der Waals surface area (Å²) in [5.41, 5.74) is 6.38. The Balaban J connectivity index is 1.62. The maximum atomic E-state index is 13.0. The second-order valence-corrected chi connectivity index (χ2v) is 9.24. The molecule has 3 aromatic rings. The van der Waals surface area contributed by atoms with Crippen molar-refractivity contribution in [2.45, 2.75) is 59.1 Å². The van der Waals surface area contributed by atoms with Gasteiger partial charge in [-0.2, -0.15) is 0 Å².